The molecule has 0 aliphatic rings. The summed E-state index contributed by atoms with van der Waals surface area (Å²) >= 11 is 0. The Bertz CT molecular complexity index is 960. The molecule has 10 heteroatoms. The molecular weight excluding hydrogens is 351 g/mol. The fraction of sp³-hybridized carbons (Fsp3) is 0.125. The molecule has 26 heavy (non-hydrogen) atoms. The van der Waals surface area contributed by atoms with Gasteiger partial charge in [-0.3, -0.25) is 4.79 Å². The Kier molecular flexibility index (Phi) is 5.68. The molecule has 0 bridgehead atoms. The summed E-state index contributed by atoms with van der Waals surface area (Å²) in [5.41, 5.74) is -1.87. The van der Waals surface area contributed by atoms with Crippen LogP contribution in [-0.2, 0) is 20.9 Å². The first kappa shape index (κ1) is 18.6. The smallest absolute Gasteiger partial charge is 0.329 e. The van der Waals surface area contributed by atoms with Crippen LogP contribution in [0.15, 0.2) is 46.6 Å². The largest absolute Gasteiger partial charge is 0.401 e. The highest BCUT2D eigenvalue weighted by molar-refractivity contribution is 5.71. The first-order valence-corrected chi connectivity index (χ1v) is 7.14. The number of carbonyl (C=O) groups is 2. The molecule has 0 N–H and O–H groups in total. The quantitative estimate of drug-likeness (QED) is 0.520. The molecule has 2 rings (SSSR count). The topological polar surface area (TPSA) is 106 Å². The Hall–Kier alpha value is -3.69. The molecule has 0 aliphatic heterocycles. The van der Waals surface area contributed by atoms with Crippen molar-refractivity contribution >= 4 is 18.0 Å². The van der Waals surface area contributed by atoms with Crippen molar-refractivity contribution in [2.45, 2.75) is 13.3 Å². The summed E-state index contributed by atoms with van der Waals surface area (Å²) in [4.78, 5) is 60.3. The Balaban J connectivity index is 2.18. The van der Waals surface area contributed by atoms with Crippen molar-refractivity contribution in [2.75, 3.05) is 0 Å². The van der Waals surface area contributed by atoms with Crippen LogP contribution in [0.1, 0.15) is 18.1 Å². The lowest BCUT2D eigenvalue weighted by Crippen LogP contribution is -2.47. The van der Waals surface area contributed by atoms with Gasteiger partial charge < -0.3 is 4.84 Å². The minimum absolute atomic E-state index is 0.132. The minimum atomic E-state index is -1.22. The van der Waals surface area contributed by atoms with Crippen LogP contribution in [-0.4, -0.2) is 21.4 Å². The number of carbonyl (C=O) groups excluding carboxylic acids is 2. The van der Waals surface area contributed by atoms with E-state index < -0.39 is 29.0 Å². The molecule has 0 fully saturated rings. The van der Waals surface area contributed by atoms with Crippen LogP contribution < -0.4 is 21.1 Å². The number of hydrogen-bond acceptors (Lipinski definition) is 7. The lowest BCUT2D eigenvalue weighted by Gasteiger charge is -2.09. The predicted octanol–water partition coefficient (Wildman–Crippen LogP) is -0.103. The highest BCUT2D eigenvalue weighted by Crippen LogP contribution is 2.04. The average Bonchev–Trinajstić information content (AvgIpc) is 2.60. The van der Waals surface area contributed by atoms with Crippen LogP contribution >= 0.6 is 0 Å². The molecule has 0 aliphatic carbocycles. The van der Waals surface area contributed by atoms with Crippen molar-refractivity contribution in [2.24, 2.45) is 0 Å². The van der Waals surface area contributed by atoms with Gasteiger partial charge in [0.15, 0.2) is 0 Å². The monoisotopic (exact) mass is 364 g/mol. The molecule has 0 spiro atoms. The number of nitrogens with zero attached hydrogens (tertiary/aromatic N) is 2. The Morgan fingerprint density at radius 1 is 1.23 bits per heavy atom. The van der Waals surface area contributed by atoms with Crippen molar-refractivity contribution in [1.29, 1.82) is 0 Å². The Morgan fingerprint density at radius 2 is 1.88 bits per heavy atom. The molecule has 1 aromatic carbocycles. The fourth-order valence-corrected chi connectivity index (χ4v) is 1.81. The second kappa shape index (κ2) is 7.92. The maximum absolute atomic E-state index is 12.8. The van der Waals surface area contributed by atoms with Crippen LogP contribution in [0.2, 0.25) is 0 Å². The zero-order chi connectivity index (χ0) is 19.3. The van der Waals surface area contributed by atoms with E-state index in [2.05, 4.69) is 21.3 Å². The Morgan fingerprint density at radius 3 is 2.46 bits per heavy atom. The second-order valence-electron chi connectivity index (χ2n) is 4.91. The van der Waals surface area contributed by atoms with Crippen molar-refractivity contribution in [3.05, 3.63) is 74.8 Å². The SMILES string of the molecule is C=Cc1cn(OOC(=O)Cc2ccc(F)cc2)c(=O)n(OC(C)=O)c1=O. The first-order chi connectivity index (χ1) is 12.3. The highest BCUT2D eigenvalue weighted by Gasteiger charge is 2.15. The first-order valence-electron chi connectivity index (χ1n) is 7.14. The normalized spacial score (nSPS) is 10.1. The van der Waals surface area contributed by atoms with Gasteiger partial charge in [-0.2, -0.15) is 4.99 Å². The molecule has 0 saturated heterocycles. The van der Waals surface area contributed by atoms with E-state index in [4.69, 9.17) is 0 Å². The van der Waals surface area contributed by atoms with E-state index in [1.54, 1.807) is 0 Å². The highest BCUT2D eigenvalue weighted by atomic mass is 19.1. The van der Waals surface area contributed by atoms with Crippen LogP contribution in [0.5, 0.6) is 0 Å². The molecule has 0 amide bonds. The minimum Gasteiger partial charge on any atom is -0.329 e. The molecule has 9 nitrogen and oxygen atoms in total. The van der Waals surface area contributed by atoms with Crippen molar-refractivity contribution < 1.29 is 28.7 Å². The van der Waals surface area contributed by atoms with E-state index in [0.29, 0.717) is 10.3 Å². The summed E-state index contributed by atoms with van der Waals surface area (Å²) in [6.07, 6.45) is 1.73. The third kappa shape index (κ3) is 4.44. The third-order valence-electron chi connectivity index (χ3n) is 2.96. The second-order valence-corrected chi connectivity index (χ2v) is 4.91. The van der Waals surface area contributed by atoms with Gasteiger partial charge in [0.1, 0.15) is 5.82 Å². The van der Waals surface area contributed by atoms with Crippen LogP contribution in [0.3, 0.4) is 0 Å². The molecule has 2 aromatic rings. The number of aromatic nitrogens is 2. The number of benzene rings is 1. The lowest BCUT2D eigenvalue weighted by molar-refractivity contribution is -0.275. The molecule has 0 saturated carbocycles. The zero-order valence-electron chi connectivity index (χ0n) is 13.5. The van der Waals surface area contributed by atoms with E-state index >= 15 is 0 Å². The molecule has 136 valence electrons. The molecular formula is C16H13FN2O7. The standard InChI is InChI=1S/C16H13FN2O7/c1-3-12-9-18(16(23)19(15(12)22)24-10(2)20)26-25-14(21)8-11-4-6-13(17)7-5-11/h3-7,9H,1,8H2,2H3. The van der Waals surface area contributed by atoms with Crippen LogP contribution in [0, 0.1) is 5.82 Å². The lowest BCUT2D eigenvalue weighted by atomic mass is 10.1. The molecule has 0 atom stereocenters. The van der Waals surface area contributed by atoms with E-state index in [9.17, 15) is 23.6 Å². The molecule has 0 unspecified atom stereocenters. The molecule has 0 radical (unpaired) electrons. The van der Waals surface area contributed by atoms with Gasteiger partial charge >= 0.3 is 17.6 Å². The van der Waals surface area contributed by atoms with Crippen molar-refractivity contribution in [3.63, 3.8) is 0 Å². The molecule has 1 heterocycles. The molecule has 1 aromatic heterocycles. The zero-order valence-corrected chi connectivity index (χ0v) is 13.5. The fourth-order valence-electron chi connectivity index (χ4n) is 1.81. The van der Waals surface area contributed by atoms with Gasteiger partial charge in [0, 0.05) is 6.92 Å². The third-order valence-corrected chi connectivity index (χ3v) is 2.96. The summed E-state index contributed by atoms with van der Waals surface area (Å²) in [7, 11) is 0. The number of rotatable bonds is 6. The summed E-state index contributed by atoms with van der Waals surface area (Å²) < 4.78 is 13.3. The van der Waals surface area contributed by atoms with Crippen LogP contribution in [0.4, 0.5) is 4.39 Å². The van der Waals surface area contributed by atoms with Gasteiger partial charge in [0.25, 0.3) is 5.56 Å². The number of halogens is 1. The van der Waals surface area contributed by atoms with Gasteiger partial charge in [-0.15, -0.1) is 0 Å². The van der Waals surface area contributed by atoms with E-state index in [1.165, 1.54) is 24.3 Å². The Labute approximate surface area is 145 Å². The van der Waals surface area contributed by atoms with Gasteiger partial charge in [0.05, 0.1) is 18.2 Å². The maximum Gasteiger partial charge on any atom is 0.401 e. The van der Waals surface area contributed by atoms with Gasteiger partial charge in [-0.25, -0.2) is 23.7 Å². The van der Waals surface area contributed by atoms with Gasteiger partial charge in [0.2, 0.25) is 0 Å². The van der Waals surface area contributed by atoms with Crippen molar-refractivity contribution in [1.82, 2.24) is 9.46 Å². The number of hydrogen-bond donors (Lipinski definition) is 0. The summed E-state index contributed by atoms with van der Waals surface area (Å²) in [6.45, 7) is 4.36. The van der Waals surface area contributed by atoms with E-state index in [-0.39, 0.29) is 16.7 Å². The van der Waals surface area contributed by atoms with E-state index in [0.717, 1.165) is 19.2 Å². The van der Waals surface area contributed by atoms with Crippen molar-refractivity contribution in [3.8, 4) is 0 Å². The maximum atomic E-state index is 12.8. The summed E-state index contributed by atoms with van der Waals surface area (Å²) in [5.74, 6) is -2.28. The average molecular weight is 364 g/mol. The summed E-state index contributed by atoms with van der Waals surface area (Å²) in [6, 6.07) is 5.08. The van der Waals surface area contributed by atoms with E-state index in [1.807, 2.05) is 0 Å². The van der Waals surface area contributed by atoms with Gasteiger partial charge in [-0.1, -0.05) is 34.2 Å². The van der Waals surface area contributed by atoms with Crippen LogP contribution in [0.25, 0.3) is 6.08 Å². The predicted molar refractivity (Wildman–Crippen MR) is 85.1 cm³/mol. The summed E-state index contributed by atoms with van der Waals surface area (Å²) in [5, 5.41) is 0. The van der Waals surface area contributed by atoms with Gasteiger partial charge in [-0.05, 0) is 17.7 Å².